The van der Waals surface area contributed by atoms with Crippen molar-refractivity contribution in [2.75, 3.05) is 0 Å². The molecule has 8 heteroatoms. The van der Waals surface area contributed by atoms with E-state index < -0.39 is 28.9 Å². The monoisotopic (exact) mass is 428 g/mol. The van der Waals surface area contributed by atoms with Gasteiger partial charge in [-0.15, -0.1) is 0 Å². The molecular formula is C22H18ClFN2O4. The first kappa shape index (κ1) is 20.1. The number of amides is 3. The summed E-state index contributed by atoms with van der Waals surface area (Å²) in [6.07, 6.45) is 0.772. The second-order valence-corrected chi connectivity index (χ2v) is 7.75. The number of hydrogen-bond acceptors (Lipinski definition) is 4. The van der Waals surface area contributed by atoms with Gasteiger partial charge in [0.05, 0.1) is 6.54 Å². The number of carbonyl (C=O) groups excluding carboxylic acids is 2. The number of carbonyl (C=O) groups is 2. The van der Waals surface area contributed by atoms with Gasteiger partial charge in [0.15, 0.2) is 0 Å². The van der Waals surface area contributed by atoms with Gasteiger partial charge in [0.1, 0.15) is 16.9 Å². The van der Waals surface area contributed by atoms with E-state index >= 15 is 0 Å². The molecule has 6 nitrogen and oxygen atoms in total. The molecule has 1 aromatic heterocycles. The molecule has 0 bridgehead atoms. The van der Waals surface area contributed by atoms with E-state index in [1.54, 1.807) is 12.1 Å². The molecule has 0 saturated carbocycles. The molecular weight excluding hydrogens is 411 g/mol. The van der Waals surface area contributed by atoms with Crippen LogP contribution < -0.4 is 10.9 Å². The van der Waals surface area contributed by atoms with Crippen LogP contribution >= 0.6 is 11.6 Å². The summed E-state index contributed by atoms with van der Waals surface area (Å²) in [5.74, 6) is -1.09. The minimum absolute atomic E-state index is 0.0332. The van der Waals surface area contributed by atoms with Crippen molar-refractivity contribution in [2.24, 2.45) is 0 Å². The smallest absolute Gasteiger partial charge is 0.336 e. The molecule has 154 valence electrons. The van der Waals surface area contributed by atoms with Crippen molar-refractivity contribution in [3.8, 4) is 0 Å². The highest BCUT2D eigenvalue weighted by Crippen LogP contribution is 2.35. The second kappa shape index (κ2) is 7.25. The second-order valence-electron chi connectivity index (χ2n) is 7.35. The molecule has 1 aliphatic rings. The number of fused-ring (bicyclic) bond motifs is 1. The van der Waals surface area contributed by atoms with E-state index in [-0.39, 0.29) is 17.1 Å². The average molecular weight is 429 g/mol. The minimum atomic E-state index is -1.45. The molecule has 0 spiro atoms. The summed E-state index contributed by atoms with van der Waals surface area (Å²) >= 11 is 6.13. The van der Waals surface area contributed by atoms with Crippen molar-refractivity contribution in [3.05, 3.63) is 80.4 Å². The van der Waals surface area contributed by atoms with Crippen molar-refractivity contribution >= 4 is 34.5 Å². The SMILES string of the molecule is CCc1ccc2c(CN3C(=O)NC(C)(c4ccc(F)cc4Cl)C3=O)cc(=O)oc2c1. The first-order valence-corrected chi connectivity index (χ1v) is 9.76. The van der Waals surface area contributed by atoms with E-state index in [1.807, 2.05) is 13.0 Å². The summed E-state index contributed by atoms with van der Waals surface area (Å²) in [6.45, 7) is 3.38. The number of aryl methyl sites for hydroxylation is 1. The van der Waals surface area contributed by atoms with Crippen LogP contribution in [0.25, 0.3) is 11.0 Å². The molecule has 3 aromatic rings. The predicted molar refractivity (Wildman–Crippen MR) is 110 cm³/mol. The lowest BCUT2D eigenvalue weighted by atomic mass is 9.92. The summed E-state index contributed by atoms with van der Waals surface area (Å²) in [5.41, 5.74) is 0.150. The van der Waals surface area contributed by atoms with Gasteiger partial charge in [-0.1, -0.05) is 36.7 Å². The Balaban J connectivity index is 1.73. The van der Waals surface area contributed by atoms with Gasteiger partial charge in [0.25, 0.3) is 5.91 Å². The summed E-state index contributed by atoms with van der Waals surface area (Å²) in [5, 5.41) is 3.31. The van der Waals surface area contributed by atoms with Crippen LogP contribution in [-0.4, -0.2) is 16.8 Å². The highest BCUT2D eigenvalue weighted by atomic mass is 35.5. The molecule has 1 aliphatic heterocycles. The number of benzene rings is 2. The fourth-order valence-corrected chi connectivity index (χ4v) is 4.07. The zero-order valence-corrected chi connectivity index (χ0v) is 17.0. The Hall–Kier alpha value is -3.19. The zero-order valence-electron chi connectivity index (χ0n) is 16.3. The molecule has 1 atom stereocenters. The Morgan fingerprint density at radius 3 is 2.60 bits per heavy atom. The fraction of sp³-hybridized carbons (Fsp3) is 0.227. The molecule has 3 amide bonds. The van der Waals surface area contributed by atoms with E-state index in [0.717, 1.165) is 23.0 Å². The van der Waals surface area contributed by atoms with Crippen LogP contribution in [0.1, 0.15) is 30.5 Å². The van der Waals surface area contributed by atoms with Gasteiger partial charge in [0, 0.05) is 22.0 Å². The lowest BCUT2D eigenvalue weighted by Crippen LogP contribution is -2.41. The predicted octanol–water partition coefficient (Wildman–Crippen LogP) is 4.12. The quantitative estimate of drug-likeness (QED) is 0.501. The van der Waals surface area contributed by atoms with Crippen LogP contribution in [0.4, 0.5) is 9.18 Å². The molecule has 0 radical (unpaired) electrons. The van der Waals surface area contributed by atoms with Gasteiger partial charge < -0.3 is 9.73 Å². The zero-order chi connectivity index (χ0) is 21.6. The molecule has 1 unspecified atom stereocenters. The van der Waals surface area contributed by atoms with E-state index in [2.05, 4.69) is 5.32 Å². The highest BCUT2D eigenvalue weighted by Gasteiger charge is 2.50. The van der Waals surface area contributed by atoms with Gasteiger partial charge in [-0.05, 0) is 42.7 Å². The van der Waals surface area contributed by atoms with Crippen LogP contribution in [-0.2, 0) is 23.3 Å². The first-order chi connectivity index (χ1) is 14.2. The number of imide groups is 1. The summed E-state index contributed by atoms with van der Waals surface area (Å²) in [7, 11) is 0. The van der Waals surface area contributed by atoms with E-state index in [4.69, 9.17) is 16.0 Å². The maximum atomic E-state index is 13.4. The maximum absolute atomic E-state index is 13.4. The topological polar surface area (TPSA) is 79.6 Å². The van der Waals surface area contributed by atoms with Crippen LogP contribution in [0, 0.1) is 5.82 Å². The van der Waals surface area contributed by atoms with E-state index in [9.17, 15) is 18.8 Å². The lowest BCUT2D eigenvalue weighted by Gasteiger charge is -2.23. The molecule has 30 heavy (non-hydrogen) atoms. The molecule has 1 fully saturated rings. The summed E-state index contributed by atoms with van der Waals surface area (Å²) in [6, 6.07) is 9.76. The largest absolute Gasteiger partial charge is 0.423 e. The first-order valence-electron chi connectivity index (χ1n) is 9.38. The van der Waals surface area contributed by atoms with Crippen LogP contribution in [0.3, 0.4) is 0 Å². The van der Waals surface area contributed by atoms with E-state index in [1.165, 1.54) is 25.1 Å². The fourth-order valence-electron chi connectivity index (χ4n) is 3.71. The molecule has 4 rings (SSSR count). The lowest BCUT2D eigenvalue weighted by molar-refractivity contribution is -0.131. The molecule has 2 aromatic carbocycles. The van der Waals surface area contributed by atoms with Crippen molar-refractivity contribution in [1.82, 2.24) is 10.2 Å². The Morgan fingerprint density at radius 1 is 1.13 bits per heavy atom. The summed E-state index contributed by atoms with van der Waals surface area (Å²) < 4.78 is 18.7. The van der Waals surface area contributed by atoms with Crippen LogP contribution in [0.5, 0.6) is 0 Å². The maximum Gasteiger partial charge on any atom is 0.336 e. The number of nitrogens with zero attached hydrogens (tertiary/aromatic N) is 1. The number of rotatable bonds is 4. The summed E-state index contributed by atoms with van der Waals surface area (Å²) in [4.78, 5) is 38.9. The van der Waals surface area contributed by atoms with Crippen molar-refractivity contribution < 1.29 is 18.4 Å². The Labute approximate surface area is 176 Å². The standard InChI is InChI=1S/C22H18ClFN2O4/c1-3-12-4-6-15-13(9-19(27)30-18(15)8-12)11-26-20(28)22(2,25-21(26)29)16-7-5-14(24)10-17(16)23/h4-10H,3,11H2,1-2H3,(H,25,29). The number of hydrogen-bond donors (Lipinski definition) is 1. The average Bonchev–Trinajstić information content (AvgIpc) is 2.90. The van der Waals surface area contributed by atoms with Crippen molar-refractivity contribution in [1.29, 1.82) is 0 Å². The molecule has 0 aliphatic carbocycles. The number of urea groups is 1. The Morgan fingerprint density at radius 2 is 1.90 bits per heavy atom. The number of halogens is 2. The Bertz CT molecular complexity index is 1260. The third-order valence-corrected chi connectivity index (χ3v) is 5.69. The van der Waals surface area contributed by atoms with Gasteiger partial charge in [-0.2, -0.15) is 0 Å². The van der Waals surface area contributed by atoms with Crippen molar-refractivity contribution in [3.63, 3.8) is 0 Å². The minimum Gasteiger partial charge on any atom is -0.423 e. The van der Waals surface area contributed by atoms with Gasteiger partial charge in [-0.3, -0.25) is 9.69 Å². The van der Waals surface area contributed by atoms with Crippen LogP contribution in [0.15, 0.2) is 51.7 Å². The van der Waals surface area contributed by atoms with Crippen molar-refractivity contribution in [2.45, 2.75) is 32.4 Å². The molecule has 1 N–H and O–H groups in total. The van der Waals surface area contributed by atoms with Gasteiger partial charge in [0.2, 0.25) is 0 Å². The Kier molecular flexibility index (Phi) is 4.86. The third-order valence-electron chi connectivity index (χ3n) is 5.38. The van der Waals surface area contributed by atoms with Gasteiger partial charge >= 0.3 is 11.7 Å². The van der Waals surface area contributed by atoms with Gasteiger partial charge in [-0.25, -0.2) is 14.0 Å². The molecule has 1 saturated heterocycles. The van der Waals surface area contributed by atoms with Crippen LogP contribution in [0.2, 0.25) is 5.02 Å². The third kappa shape index (κ3) is 3.25. The number of nitrogens with one attached hydrogen (secondary N) is 1. The highest BCUT2D eigenvalue weighted by molar-refractivity contribution is 6.32. The van der Waals surface area contributed by atoms with E-state index in [0.29, 0.717) is 16.5 Å². The molecule has 2 heterocycles. The normalized spacial score (nSPS) is 18.9.